The normalized spacial score (nSPS) is 23.2. The Bertz CT molecular complexity index is 987. The smallest absolute Gasteiger partial charge is 0.258 e. The third-order valence-corrected chi connectivity index (χ3v) is 5.48. The van der Waals surface area contributed by atoms with Crippen LogP contribution in [0.4, 0.5) is 5.82 Å². The number of carbonyl (C=O) groups is 1. The third kappa shape index (κ3) is 2.88. The standard InChI is InChI=1S/C19H20N8O/c1-12-9-22-17(10-21-12)25-15-7-13-8-16(15)26(11-13)19(28)14-3-2-4-20-18(14)27-23-5-6-24-27/h2-6,9-10,13,15-16H,7-8,11H2,1H3,(H,22,25). The van der Waals surface area contributed by atoms with Crippen LogP contribution in [-0.4, -0.2) is 59.4 Å². The molecule has 1 saturated carbocycles. The fourth-order valence-corrected chi connectivity index (χ4v) is 4.27. The molecule has 28 heavy (non-hydrogen) atoms. The summed E-state index contributed by atoms with van der Waals surface area (Å²) in [4.78, 5) is 29.7. The molecule has 3 aromatic heterocycles. The van der Waals surface area contributed by atoms with Crippen LogP contribution >= 0.6 is 0 Å². The highest BCUT2D eigenvalue weighted by Crippen LogP contribution is 2.40. The number of pyridine rings is 1. The van der Waals surface area contributed by atoms with E-state index in [4.69, 9.17) is 0 Å². The zero-order valence-electron chi connectivity index (χ0n) is 15.4. The summed E-state index contributed by atoms with van der Waals surface area (Å²) in [5.74, 6) is 1.66. The van der Waals surface area contributed by atoms with Crippen LogP contribution in [0, 0.1) is 12.8 Å². The van der Waals surface area contributed by atoms with E-state index in [0.29, 0.717) is 17.3 Å². The van der Waals surface area contributed by atoms with Gasteiger partial charge in [-0.25, -0.2) is 9.97 Å². The summed E-state index contributed by atoms with van der Waals surface area (Å²) in [7, 11) is 0. The van der Waals surface area contributed by atoms with Crippen LogP contribution in [0.3, 0.4) is 0 Å². The van der Waals surface area contributed by atoms with E-state index < -0.39 is 0 Å². The van der Waals surface area contributed by atoms with Crippen LogP contribution in [0.2, 0.25) is 0 Å². The first-order valence-corrected chi connectivity index (χ1v) is 9.37. The lowest BCUT2D eigenvalue weighted by Crippen LogP contribution is -2.48. The van der Waals surface area contributed by atoms with Crippen molar-refractivity contribution in [3.05, 3.63) is 54.4 Å². The van der Waals surface area contributed by atoms with Gasteiger partial charge in [-0.05, 0) is 37.8 Å². The number of carbonyl (C=O) groups excluding carboxylic acids is 1. The molecule has 2 fully saturated rings. The summed E-state index contributed by atoms with van der Waals surface area (Å²) in [5, 5.41) is 11.7. The van der Waals surface area contributed by atoms with E-state index in [2.05, 4.69) is 30.5 Å². The molecule has 3 unspecified atom stereocenters. The SMILES string of the molecule is Cc1cnc(NC2CC3CC2N(C(=O)c2cccnc2-n2nccn2)C3)cn1. The van der Waals surface area contributed by atoms with Gasteiger partial charge in [-0.2, -0.15) is 10.2 Å². The number of anilines is 1. The molecule has 2 bridgehead atoms. The van der Waals surface area contributed by atoms with E-state index in [1.165, 1.54) is 4.80 Å². The molecule has 1 aliphatic carbocycles. The van der Waals surface area contributed by atoms with Gasteiger partial charge in [0.05, 0.1) is 42.1 Å². The van der Waals surface area contributed by atoms with Crippen LogP contribution in [0.5, 0.6) is 0 Å². The lowest BCUT2D eigenvalue weighted by Gasteiger charge is -2.34. The number of likely N-dealkylation sites (tertiary alicyclic amines) is 1. The van der Waals surface area contributed by atoms with Crippen molar-refractivity contribution in [3.8, 4) is 5.82 Å². The molecule has 2 aliphatic rings. The number of fused-ring (bicyclic) bond motifs is 2. The van der Waals surface area contributed by atoms with Crippen molar-refractivity contribution < 1.29 is 4.79 Å². The lowest BCUT2D eigenvalue weighted by molar-refractivity contribution is 0.0691. The second-order valence-corrected chi connectivity index (χ2v) is 7.35. The molecule has 9 nitrogen and oxygen atoms in total. The number of aryl methyl sites for hydroxylation is 1. The number of aromatic nitrogens is 6. The van der Waals surface area contributed by atoms with Gasteiger partial charge >= 0.3 is 0 Å². The molecular weight excluding hydrogens is 356 g/mol. The molecule has 1 aliphatic heterocycles. The van der Waals surface area contributed by atoms with Gasteiger partial charge in [0, 0.05) is 18.8 Å². The summed E-state index contributed by atoms with van der Waals surface area (Å²) in [6, 6.07) is 3.85. The summed E-state index contributed by atoms with van der Waals surface area (Å²) in [6.07, 6.45) is 10.3. The Morgan fingerprint density at radius 3 is 2.71 bits per heavy atom. The van der Waals surface area contributed by atoms with Gasteiger partial charge in [0.25, 0.3) is 5.91 Å². The van der Waals surface area contributed by atoms with E-state index in [0.717, 1.165) is 30.9 Å². The van der Waals surface area contributed by atoms with Crippen molar-refractivity contribution >= 4 is 11.7 Å². The molecule has 5 rings (SSSR count). The Morgan fingerprint density at radius 2 is 1.96 bits per heavy atom. The minimum atomic E-state index is -0.0330. The van der Waals surface area contributed by atoms with Crippen molar-refractivity contribution in [3.63, 3.8) is 0 Å². The van der Waals surface area contributed by atoms with Crippen LogP contribution < -0.4 is 5.32 Å². The second kappa shape index (κ2) is 6.66. The second-order valence-electron chi connectivity index (χ2n) is 7.35. The topological polar surface area (TPSA) is 102 Å². The molecule has 1 saturated heterocycles. The molecule has 1 amide bonds. The maximum absolute atomic E-state index is 13.4. The first-order valence-electron chi connectivity index (χ1n) is 9.37. The van der Waals surface area contributed by atoms with Crippen LogP contribution in [0.15, 0.2) is 43.1 Å². The van der Waals surface area contributed by atoms with Gasteiger partial charge in [0.1, 0.15) is 5.82 Å². The molecule has 9 heteroatoms. The van der Waals surface area contributed by atoms with Crippen molar-refractivity contribution in [2.45, 2.75) is 31.8 Å². The van der Waals surface area contributed by atoms with Crippen molar-refractivity contribution in [2.75, 3.05) is 11.9 Å². The summed E-state index contributed by atoms with van der Waals surface area (Å²) in [6.45, 7) is 2.68. The molecule has 3 aromatic rings. The Hall–Kier alpha value is -3.36. The van der Waals surface area contributed by atoms with Crippen molar-refractivity contribution in [2.24, 2.45) is 5.92 Å². The number of hydrogen-bond donors (Lipinski definition) is 1. The first kappa shape index (κ1) is 16.8. The predicted molar refractivity (Wildman–Crippen MR) is 101 cm³/mol. The van der Waals surface area contributed by atoms with Gasteiger partial charge in [0.2, 0.25) is 0 Å². The van der Waals surface area contributed by atoms with E-state index in [-0.39, 0.29) is 18.0 Å². The van der Waals surface area contributed by atoms with Crippen LogP contribution in [-0.2, 0) is 0 Å². The number of nitrogens with zero attached hydrogens (tertiary/aromatic N) is 7. The average molecular weight is 376 g/mol. The zero-order valence-corrected chi connectivity index (χ0v) is 15.4. The molecule has 0 spiro atoms. The van der Waals surface area contributed by atoms with E-state index in [1.54, 1.807) is 43.1 Å². The maximum Gasteiger partial charge on any atom is 0.258 e. The monoisotopic (exact) mass is 376 g/mol. The Balaban J connectivity index is 1.39. The van der Waals surface area contributed by atoms with E-state index >= 15 is 0 Å². The fraction of sp³-hybridized carbons (Fsp3) is 0.368. The Kier molecular flexibility index (Phi) is 4.00. The largest absolute Gasteiger partial charge is 0.364 e. The molecule has 3 atom stereocenters. The third-order valence-electron chi connectivity index (χ3n) is 5.48. The van der Waals surface area contributed by atoms with E-state index in [9.17, 15) is 4.79 Å². The van der Waals surface area contributed by atoms with Gasteiger partial charge in [0.15, 0.2) is 5.82 Å². The molecular formula is C19H20N8O. The van der Waals surface area contributed by atoms with Crippen LogP contribution in [0.1, 0.15) is 28.9 Å². The highest BCUT2D eigenvalue weighted by atomic mass is 16.2. The highest BCUT2D eigenvalue weighted by molar-refractivity contribution is 5.97. The fourth-order valence-electron chi connectivity index (χ4n) is 4.27. The summed E-state index contributed by atoms with van der Waals surface area (Å²) in [5.41, 5.74) is 1.40. The predicted octanol–water partition coefficient (Wildman–Crippen LogP) is 1.48. The van der Waals surface area contributed by atoms with Gasteiger partial charge in [-0.1, -0.05) is 0 Å². The quantitative estimate of drug-likeness (QED) is 0.736. The molecule has 0 aromatic carbocycles. The van der Waals surface area contributed by atoms with Gasteiger partial charge in [-0.3, -0.25) is 9.78 Å². The first-order chi connectivity index (χ1) is 13.7. The Labute approximate surface area is 161 Å². The van der Waals surface area contributed by atoms with Crippen LogP contribution in [0.25, 0.3) is 5.82 Å². The number of nitrogens with one attached hydrogen (secondary N) is 1. The average Bonchev–Trinajstić information content (AvgIpc) is 3.46. The molecule has 1 N–H and O–H groups in total. The number of piperidine rings is 1. The van der Waals surface area contributed by atoms with Gasteiger partial charge in [-0.15, -0.1) is 4.80 Å². The number of amides is 1. The number of rotatable bonds is 4. The highest BCUT2D eigenvalue weighted by Gasteiger charge is 2.47. The minimum Gasteiger partial charge on any atom is -0.364 e. The lowest BCUT2D eigenvalue weighted by atomic mass is 10.0. The van der Waals surface area contributed by atoms with Crippen molar-refractivity contribution in [1.29, 1.82) is 0 Å². The van der Waals surface area contributed by atoms with E-state index in [1.807, 2.05) is 11.8 Å². The number of hydrogen-bond acceptors (Lipinski definition) is 7. The minimum absolute atomic E-state index is 0.0330. The Morgan fingerprint density at radius 1 is 1.11 bits per heavy atom. The molecule has 0 radical (unpaired) electrons. The maximum atomic E-state index is 13.4. The zero-order chi connectivity index (χ0) is 19.1. The summed E-state index contributed by atoms with van der Waals surface area (Å²) >= 11 is 0. The van der Waals surface area contributed by atoms with Crippen molar-refractivity contribution in [1.82, 2.24) is 34.8 Å². The molecule has 4 heterocycles. The van der Waals surface area contributed by atoms with Gasteiger partial charge < -0.3 is 10.2 Å². The summed E-state index contributed by atoms with van der Waals surface area (Å²) < 4.78 is 0. The molecule has 142 valence electrons.